The first kappa shape index (κ1) is 18.0. The molecule has 2 atom stereocenters. The van der Waals surface area contributed by atoms with Crippen molar-refractivity contribution in [3.05, 3.63) is 0 Å². The number of hydrogen-bond donors (Lipinski definition) is 0. The molecule has 4 nitrogen and oxygen atoms in total. The Kier molecular flexibility index (Phi) is 8.10. The van der Waals surface area contributed by atoms with E-state index in [0.717, 1.165) is 38.5 Å². The van der Waals surface area contributed by atoms with Crippen LogP contribution in [0.2, 0.25) is 0 Å². The van der Waals surface area contributed by atoms with Crippen LogP contribution < -0.4 is 0 Å². The lowest BCUT2D eigenvalue weighted by Gasteiger charge is -2.29. The summed E-state index contributed by atoms with van der Waals surface area (Å²) in [6.07, 6.45) is 4.37. The van der Waals surface area contributed by atoms with Crippen molar-refractivity contribution < 1.29 is 19.1 Å². The van der Waals surface area contributed by atoms with Crippen molar-refractivity contribution in [2.45, 2.75) is 74.2 Å². The second-order valence-electron chi connectivity index (χ2n) is 5.02. The first-order valence-electron chi connectivity index (χ1n) is 7.17. The highest BCUT2D eigenvalue weighted by Gasteiger charge is 2.28. The normalized spacial score (nSPS) is 25.6. The Labute approximate surface area is 137 Å². The summed E-state index contributed by atoms with van der Waals surface area (Å²) < 4.78 is 10.9. The minimum Gasteiger partial charge on any atom is -0.462 e. The SMILES string of the molecule is CCC(Br)C(=O)OC1CCC(OC(=O)C(Br)CC)CC1. The Morgan fingerprint density at radius 2 is 1.20 bits per heavy atom. The van der Waals surface area contributed by atoms with E-state index in [0.29, 0.717) is 0 Å². The molecule has 1 rings (SSSR count). The zero-order valence-electron chi connectivity index (χ0n) is 11.9. The number of carbonyl (C=O) groups is 2. The van der Waals surface area contributed by atoms with Gasteiger partial charge in [0, 0.05) is 0 Å². The third-order valence-electron chi connectivity index (χ3n) is 3.42. The molecule has 1 aliphatic carbocycles. The second-order valence-corrected chi connectivity index (χ2v) is 7.23. The molecule has 0 N–H and O–H groups in total. The fraction of sp³-hybridized carbons (Fsp3) is 0.857. The van der Waals surface area contributed by atoms with Crippen molar-refractivity contribution in [2.75, 3.05) is 0 Å². The minimum absolute atomic E-state index is 0.0463. The van der Waals surface area contributed by atoms with Gasteiger partial charge in [0.1, 0.15) is 21.9 Å². The Balaban J connectivity index is 2.30. The summed E-state index contributed by atoms with van der Waals surface area (Å²) in [5.74, 6) is -0.390. The van der Waals surface area contributed by atoms with Gasteiger partial charge in [-0.05, 0) is 38.5 Å². The van der Waals surface area contributed by atoms with E-state index in [1.807, 2.05) is 13.8 Å². The molecule has 0 aromatic rings. The molecule has 20 heavy (non-hydrogen) atoms. The largest absolute Gasteiger partial charge is 0.462 e. The van der Waals surface area contributed by atoms with Gasteiger partial charge < -0.3 is 9.47 Å². The molecule has 0 bridgehead atoms. The van der Waals surface area contributed by atoms with Gasteiger partial charge in [-0.1, -0.05) is 45.7 Å². The van der Waals surface area contributed by atoms with Crippen LogP contribution in [-0.2, 0) is 19.1 Å². The monoisotopic (exact) mass is 412 g/mol. The summed E-state index contributed by atoms with van der Waals surface area (Å²) in [6.45, 7) is 3.86. The summed E-state index contributed by atoms with van der Waals surface area (Å²) in [5, 5.41) is 0. The van der Waals surface area contributed by atoms with Crippen LogP contribution in [0.5, 0.6) is 0 Å². The Hall–Kier alpha value is -0.100. The maximum Gasteiger partial charge on any atom is 0.319 e. The van der Waals surface area contributed by atoms with Crippen LogP contribution in [0, 0.1) is 0 Å². The average molecular weight is 414 g/mol. The van der Waals surface area contributed by atoms with E-state index in [1.54, 1.807) is 0 Å². The van der Waals surface area contributed by atoms with Gasteiger partial charge in [0.2, 0.25) is 0 Å². The molecule has 0 radical (unpaired) electrons. The molecule has 0 aromatic heterocycles. The predicted molar refractivity (Wildman–Crippen MR) is 84.2 cm³/mol. The molecule has 0 saturated heterocycles. The van der Waals surface area contributed by atoms with Gasteiger partial charge in [-0.15, -0.1) is 0 Å². The number of rotatable bonds is 6. The highest BCUT2D eigenvalue weighted by Crippen LogP contribution is 2.25. The highest BCUT2D eigenvalue weighted by atomic mass is 79.9. The van der Waals surface area contributed by atoms with Gasteiger partial charge in [0.25, 0.3) is 0 Å². The smallest absolute Gasteiger partial charge is 0.319 e. The van der Waals surface area contributed by atoms with Crippen LogP contribution in [0.1, 0.15) is 52.4 Å². The fourth-order valence-corrected chi connectivity index (χ4v) is 2.29. The molecule has 1 aliphatic rings. The molecule has 1 fully saturated rings. The number of hydrogen-bond acceptors (Lipinski definition) is 4. The van der Waals surface area contributed by atoms with E-state index in [9.17, 15) is 9.59 Å². The molecule has 1 saturated carbocycles. The molecule has 116 valence electrons. The number of alkyl halides is 2. The Bertz CT molecular complexity index is 295. The van der Waals surface area contributed by atoms with E-state index < -0.39 is 0 Å². The van der Waals surface area contributed by atoms with Gasteiger partial charge in [-0.25, -0.2) is 0 Å². The number of carbonyl (C=O) groups excluding carboxylic acids is 2. The van der Waals surface area contributed by atoms with Crippen LogP contribution in [0.3, 0.4) is 0 Å². The standard InChI is InChI=1S/C14H22Br2O4/c1-3-11(15)13(17)19-9-5-7-10(8-6-9)20-14(18)12(16)4-2/h9-12H,3-8H2,1-2H3. The topological polar surface area (TPSA) is 52.6 Å². The molecule has 0 aliphatic heterocycles. The summed E-state index contributed by atoms with van der Waals surface area (Å²) in [6, 6.07) is 0. The molecule has 6 heteroatoms. The van der Waals surface area contributed by atoms with E-state index in [-0.39, 0.29) is 33.8 Å². The lowest BCUT2D eigenvalue weighted by atomic mass is 9.95. The third-order valence-corrected chi connectivity index (χ3v) is 5.46. The van der Waals surface area contributed by atoms with Crippen molar-refractivity contribution in [1.29, 1.82) is 0 Å². The van der Waals surface area contributed by atoms with Crippen LogP contribution in [0.25, 0.3) is 0 Å². The van der Waals surface area contributed by atoms with Crippen molar-refractivity contribution in [3.63, 3.8) is 0 Å². The number of halogens is 2. The molecule has 0 amide bonds. The van der Waals surface area contributed by atoms with Crippen LogP contribution >= 0.6 is 31.9 Å². The van der Waals surface area contributed by atoms with Gasteiger partial charge in [0.15, 0.2) is 0 Å². The second kappa shape index (κ2) is 9.03. The zero-order valence-corrected chi connectivity index (χ0v) is 15.1. The summed E-state index contributed by atoms with van der Waals surface area (Å²) in [4.78, 5) is 22.9. The average Bonchev–Trinajstić information content (AvgIpc) is 2.47. The molecule has 0 heterocycles. The summed E-state index contributed by atoms with van der Waals surface area (Å²) >= 11 is 6.58. The molecular weight excluding hydrogens is 392 g/mol. The Morgan fingerprint density at radius 1 is 0.900 bits per heavy atom. The quantitative estimate of drug-likeness (QED) is 0.491. The minimum atomic E-state index is -0.225. The van der Waals surface area contributed by atoms with Crippen molar-refractivity contribution in [2.24, 2.45) is 0 Å². The molecule has 2 unspecified atom stereocenters. The van der Waals surface area contributed by atoms with E-state index in [1.165, 1.54) is 0 Å². The molecule has 0 spiro atoms. The van der Waals surface area contributed by atoms with Crippen molar-refractivity contribution >= 4 is 43.8 Å². The maximum atomic E-state index is 11.7. The van der Waals surface area contributed by atoms with Gasteiger partial charge >= 0.3 is 11.9 Å². The molecule has 0 aromatic carbocycles. The molecular formula is C14H22Br2O4. The number of esters is 2. The van der Waals surface area contributed by atoms with Crippen molar-refractivity contribution in [3.8, 4) is 0 Å². The maximum absolute atomic E-state index is 11.7. The third kappa shape index (κ3) is 5.72. The van der Waals surface area contributed by atoms with Gasteiger partial charge in [-0.2, -0.15) is 0 Å². The van der Waals surface area contributed by atoms with Crippen molar-refractivity contribution in [1.82, 2.24) is 0 Å². The first-order valence-corrected chi connectivity index (χ1v) is 9.00. The van der Waals surface area contributed by atoms with Gasteiger partial charge in [-0.3, -0.25) is 9.59 Å². The lowest BCUT2D eigenvalue weighted by molar-refractivity contribution is -0.157. The highest BCUT2D eigenvalue weighted by molar-refractivity contribution is 9.10. The van der Waals surface area contributed by atoms with Gasteiger partial charge in [0.05, 0.1) is 0 Å². The lowest BCUT2D eigenvalue weighted by Crippen LogP contribution is -2.32. The van der Waals surface area contributed by atoms with Crippen LogP contribution in [-0.4, -0.2) is 33.8 Å². The van der Waals surface area contributed by atoms with Crippen LogP contribution in [0.4, 0.5) is 0 Å². The zero-order chi connectivity index (χ0) is 15.1. The predicted octanol–water partition coefficient (Wildman–Crippen LogP) is 3.73. The first-order chi connectivity index (χ1) is 9.47. The van der Waals surface area contributed by atoms with E-state index >= 15 is 0 Å². The summed E-state index contributed by atoms with van der Waals surface area (Å²) in [5.41, 5.74) is 0. The number of ether oxygens (including phenoxy) is 2. The fourth-order valence-electron chi connectivity index (χ4n) is 2.08. The Morgan fingerprint density at radius 3 is 1.45 bits per heavy atom. The van der Waals surface area contributed by atoms with Crippen LogP contribution in [0.15, 0.2) is 0 Å². The van der Waals surface area contributed by atoms with E-state index in [2.05, 4.69) is 31.9 Å². The summed E-state index contributed by atoms with van der Waals surface area (Å²) in [7, 11) is 0. The van der Waals surface area contributed by atoms with E-state index in [4.69, 9.17) is 9.47 Å².